The van der Waals surface area contributed by atoms with Crippen molar-refractivity contribution in [3.63, 3.8) is 0 Å². The number of benzene rings is 1. The Morgan fingerprint density at radius 1 is 1.19 bits per heavy atom. The van der Waals surface area contributed by atoms with E-state index in [0.29, 0.717) is 5.92 Å². The van der Waals surface area contributed by atoms with Gasteiger partial charge in [-0.2, -0.15) is 0 Å². The minimum atomic E-state index is 0.654. The van der Waals surface area contributed by atoms with Crippen molar-refractivity contribution in [2.75, 3.05) is 13.2 Å². The summed E-state index contributed by atoms with van der Waals surface area (Å²) in [5.74, 6) is 0.654. The molecule has 3 rings (SSSR count). The second kappa shape index (κ2) is 3.95. The highest BCUT2D eigenvalue weighted by Crippen LogP contribution is 2.29. The zero-order valence-corrected chi connectivity index (χ0v) is 9.62. The van der Waals surface area contributed by atoms with E-state index >= 15 is 0 Å². The average molecular weight is 215 g/mol. The predicted molar refractivity (Wildman–Crippen MR) is 65.8 cm³/mol. The first-order valence-electron chi connectivity index (χ1n) is 6.00. The monoisotopic (exact) mass is 215 g/mol. The van der Waals surface area contributed by atoms with Gasteiger partial charge in [0, 0.05) is 30.3 Å². The molecule has 1 aromatic heterocycles. The zero-order chi connectivity index (χ0) is 11.0. The summed E-state index contributed by atoms with van der Waals surface area (Å²) in [5.41, 5.74) is 3.96. The van der Waals surface area contributed by atoms with E-state index in [-0.39, 0.29) is 0 Å². The third-order valence-corrected chi connectivity index (χ3v) is 3.46. The Bertz CT molecular complexity index is 494. The van der Waals surface area contributed by atoms with Gasteiger partial charge in [-0.25, -0.2) is 0 Å². The van der Waals surface area contributed by atoms with Crippen LogP contribution < -0.4 is 0 Å². The molecule has 0 bridgehead atoms. The van der Waals surface area contributed by atoms with Crippen molar-refractivity contribution in [2.24, 2.45) is 0 Å². The first-order valence-corrected chi connectivity index (χ1v) is 6.00. The molecule has 0 unspecified atom stereocenters. The predicted octanol–water partition coefficient (Wildman–Crippen LogP) is 3.37. The largest absolute Gasteiger partial charge is 0.381 e. The van der Waals surface area contributed by atoms with Gasteiger partial charge in [-0.1, -0.05) is 12.1 Å². The number of H-pyrrole nitrogens is 1. The van der Waals surface area contributed by atoms with Gasteiger partial charge in [0.25, 0.3) is 0 Å². The standard InChI is InChI=1S/C14H17NO/c1-10-2-3-12-9-14(15-13(12)8-10)11-4-6-16-7-5-11/h2-3,8-9,11,15H,4-7H2,1H3. The molecule has 1 fully saturated rings. The quantitative estimate of drug-likeness (QED) is 0.775. The van der Waals surface area contributed by atoms with Crippen molar-refractivity contribution in [3.8, 4) is 0 Å². The van der Waals surface area contributed by atoms with Gasteiger partial charge in [0.1, 0.15) is 0 Å². The molecule has 84 valence electrons. The minimum Gasteiger partial charge on any atom is -0.381 e. The molecule has 2 nitrogen and oxygen atoms in total. The Morgan fingerprint density at radius 2 is 2.00 bits per heavy atom. The maximum Gasteiger partial charge on any atom is 0.0472 e. The van der Waals surface area contributed by atoms with Crippen LogP contribution in [0.15, 0.2) is 24.3 Å². The normalized spacial score (nSPS) is 18.1. The van der Waals surface area contributed by atoms with Gasteiger partial charge in [0.15, 0.2) is 0 Å². The van der Waals surface area contributed by atoms with Crippen molar-refractivity contribution in [1.82, 2.24) is 4.98 Å². The SMILES string of the molecule is Cc1ccc2cc(C3CCOCC3)[nH]c2c1. The van der Waals surface area contributed by atoms with Crippen LogP contribution in [0.3, 0.4) is 0 Å². The Balaban J connectivity index is 1.97. The number of aromatic nitrogens is 1. The van der Waals surface area contributed by atoms with E-state index in [2.05, 4.69) is 36.2 Å². The summed E-state index contributed by atoms with van der Waals surface area (Å²) in [6.45, 7) is 3.94. The Hall–Kier alpha value is -1.28. The highest BCUT2D eigenvalue weighted by molar-refractivity contribution is 5.81. The van der Waals surface area contributed by atoms with E-state index in [0.717, 1.165) is 26.1 Å². The van der Waals surface area contributed by atoms with Gasteiger partial charge in [0.2, 0.25) is 0 Å². The fourth-order valence-electron chi connectivity index (χ4n) is 2.49. The molecule has 1 N–H and O–H groups in total. The van der Waals surface area contributed by atoms with Crippen LogP contribution in [0, 0.1) is 6.92 Å². The van der Waals surface area contributed by atoms with Gasteiger partial charge in [-0.3, -0.25) is 0 Å². The van der Waals surface area contributed by atoms with Crippen molar-refractivity contribution in [3.05, 3.63) is 35.5 Å². The molecule has 1 aromatic carbocycles. The van der Waals surface area contributed by atoms with Crippen LogP contribution in [0.25, 0.3) is 10.9 Å². The van der Waals surface area contributed by atoms with E-state index in [1.54, 1.807) is 0 Å². The molecule has 2 aromatic rings. The van der Waals surface area contributed by atoms with E-state index in [4.69, 9.17) is 4.74 Å². The lowest BCUT2D eigenvalue weighted by Crippen LogP contribution is -2.14. The molecule has 0 aliphatic carbocycles. The second-order valence-corrected chi connectivity index (χ2v) is 4.70. The summed E-state index contributed by atoms with van der Waals surface area (Å²) >= 11 is 0. The molecule has 2 heteroatoms. The van der Waals surface area contributed by atoms with Crippen molar-refractivity contribution < 1.29 is 4.74 Å². The maximum absolute atomic E-state index is 5.40. The summed E-state index contributed by atoms with van der Waals surface area (Å²) in [6.07, 6.45) is 2.29. The number of aromatic amines is 1. The van der Waals surface area contributed by atoms with Crippen LogP contribution in [0.1, 0.15) is 30.0 Å². The van der Waals surface area contributed by atoms with Gasteiger partial charge >= 0.3 is 0 Å². The number of rotatable bonds is 1. The molecule has 0 spiro atoms. The highest BCUT2D eigenvalue weighted by Gasteiger charge is 2.17. The molecule has 1 aliphatic rings. The van der Waals surface area contributed by atoms with E-state index in [1.165, 1.54) is 22.2 Å². The fourth-order valence-corrected chi connectivity index (χ4v) is 2.49. The molecular weight excluding hydrogens is 198 g/mol. The number of hydrogen-bond acceptors (Lipinski definition) is 1. The molecule has 0 amide bonds. The lowest BCUT2D eigenvalue weighted by atomic mass is 9.97. The number of aryl methyl sites for hydroxylation is 1. The summed E-state index contributed by atoms with van der Waals surface area (Å²) in [4.78, 5) is 3.55. The van der Waals surface area contributed by atoms with Gasteiger partial charge < -0.3 is 9.72 Å². The molecule has 1 saturated heterocycles. The summed E-state index contributed by atoms with van der Waals surface area (Å²) in [6, 6.07) is 8.89. The lowest BCUT2D eigenvalue weighted by molar-refractivity contribution is 0.0846. The van der Waals surface area contributed by atoms with Crippen LogP contribution >= 0.6 is 0 Å². The van der Waals surface area contributed by atoms with Crippen LogP contribution in [-0.4, -0.2) is 18.2 Å². The van der Waals surface area contributed by atoms with Crippen molar-refractivity contribution in [1.29, 1.82) is 0 Å². The van der Waals surface area contributed by atoms with Gasteiger partial charge in [-0.15, -0.1) is 0 Å². The van der Waals surface area contributed by atoms with Gasteiger partial charge in [-0.05, 0) is 42.8 Å². The summed E-state index contributed by atoms with van der Waals surface area (Å²) in [5, 5.41) is 1.33. The lowest BCUT2D eigenvalue weighted by Gasteiger charge is -2.20. The first-order chi connectivity index (χ1) is 7.83. The summed E-state index contributed by atoms with van der Waals surface area (Å²) in [7, 11) is 0. The Kier molecular flexibility index (Phi) is 2.44. The molecule has 2 heterocycles. The average Bonchev–Trinajstić information content (AvgIpc) is 2.73. The smallest absolute Gasteiger partial charge is 0.0472 e. The molecule has 0 saturated carbocycles. The minimum absolute atomic E-state index is 0.654. The molecule has 1 aliphatic heterocycles. The van der Waals surface area contributed by atoms with Gasteiger partial charge in [0.05, 0.1) is 0 Å². The molecule has 0 atom stereocenters. The first kappa shape index (κ1) is 9.91. The van der Waals surface area contributed by atoms with E-state index in [1.807, 2.05) is 0 Å². The number of hydrogen-bond donors (Lipinski definition) is 1. The number of fused-ring (bicyclic) bond motifs is 1. The fraction of sp³-hybridized carbons (Fsp3) is 0.429. The summed E-state index contributed by atoms with van der Waals surface area (Å²) < 4.78 is 5.40. The van der Waals surface area contributed by atoms with Crippen LogP contribution in [0.4, 0.5) is 0 Å². The second-order valence-electron chi connectivity index (χ2n) is 4.70. The van der Waals surface area contributed by atoms with E-state index in [9.17, 15) is 0 Å². The Labute approximate surface area is 95.6 Å². The van der Waals surface area contributed by atoms with Crippen LogP contribution in [0.2, 0.25) is 0 Å². The molecule has 16 heavy (non-hydrogen) atoms. The van der Waals surface area contributed by atoms with Crippen molar-refractivity contribution >= 4 is 10.9 Å². The molecular formula is C14H17NO. The van der Waals surface area contributed by atoms with Crippen LogP contribution in [0.5, 0.6) is 0 Å². The zero-order valence-electron chi connectivity index (χ0n) is 9.62. The highest BCUT2D eigenvalue weighted by atomic mass is 16.5. The topological polar surface area (TPSA) is 25.0 Å². The number of nitrogens with one attached hydrogen (secondary N) is 1. The maximum atomic E-state index is 5.40. The van der Waals surface area contributed by atoms with Crippen molar-refractivity contribution in [2.45, 2.75) is 25.7 Å². The van der Waals surface area contributed by atoms with E-state index < -0.39 is 0 Å². The number of ether oxygens (including phenoxy) is 1. The molecule has 0 radical (unpaired) electrons. The Morgan fingerprint density at radius 3 is 2.81 bits per heavy atom. The third kappa shape index (κ3) is 1.74. The van der Waals surface area contributed by atoms with Crippen LogP contribution in [-0.2, 0) is 4.74 Å². The third-order valence-electron chi connectivity index (χ3n) is 3.46.